The molecule has 0 heterocycles. The second-order valence-electron chi connectivity index (χ2n) is 4.72. The lowest BCUT2D eigenvalue weighted by Crippen LogP contribution is -2.41. The van der Waals surface area contributed by atoms with E-state index in [2.05, 4.69) is 152 Å². The standard InChI is InChI=1S/C15H8Br8/c16-7-1-3-9(11(18)5-7)15(13(20)21,14(22)23)10-4-2-8(17)6-12(10)19/h1-6,13-14H. The predicted octanol–water partition coefficient (Wildman–Crippen LogP) is 9.25. The molecule has 2 rings (SSSR count). The fraction of sp³-hybridized carbons (Fsp3) is 0.200. The Morgan fingerprint density at radius 2 is 0.957 bits per heavy atom. The summed E-state index contributed by atoms with van der Waals surface area (Å²) in [4.78, 5) is 0. The average molecular weight is 827 g/mol. The van der Waals surface area contributed by atoms with Gasteiger partial charge in [-0.25, -0.2) is 0 Å². The number of alkyl halides is 4. The molecule has 0 aliphatic heterocycles. The highest BCUT2D eigenvalue weighted by molar-refractivity contribution is 9.25. The van der Waals surface area contributed by atoms with Crippen LogP contribution in [0.2, 0.25) is 0 Å². The first-order valence-electron chi connectivity index (χ1n) is 6.18. The van der Waals surface area contributed by atoms with Crippen LogP contribution >= 0.6 is 127 Å². The van der Waals surface area contributed by atoms with Crippen LogP contribution in [0.15, 0.2) is 54.3 Å². The summed E-state index contributed by atoms with van der Waals surface area (Å²) in [6, 6.07) is 12.4. The average Bonchev–Trinajstić information content (AvgIpc) is 2.42. The molecule has 124 valence electrons. The Hall–Kier alpha value is 2.28. The van der Waals surface area contributed by atoms with Gasteiger partial charge in [0.05, 0.1) is 12.9 Å². The maximum absolute atomic E-state index is 3.77. The molecule has 0 nitrogen and oxygen atoms in total. The molecule has 0 amide bonds. The Bertz CT molecular complexity index is 649. The van der Waals surface area contributed by atoms with Gasteiger partial charge in [0.1, 0.15) is 0 Å². The van der Waals surface area contributed by atoms with Crippen molar-refractivity contribution in [3.8, 4) is 0 Å². The van der Waals surface area contributed by atoms with Gasteiger partial charge in [-0.2, -0.15) is 0 Å². The Labute approximate surface area is 203 Å². The third-order valence-electron chi connectivity index (χ3n) is 3.44. The van der Waals surface area contributed by atoms with Crippen LogP contribution in [0.1, 0.15) is 11.1 Å². The zero-order chi connectivity index (χ0) is 17.4. The first-order chi connectivity index (χ1) is 10.7. The van der Waals surface area contributed by atoms with E-state index in [1.54, 1.807) is 0 Å². The van der Waals surface area contributed by atoms with Crippen LogP contribution < -0.4 is 0 Å². The maximum atomic E-state index is 3.77. The number of hydrogen-bond donors (Lipinski definition) is 0. The molecule has 0 fully saturated rings. The minimum atomic E-state index is -0.418. The molecule has 0 spiro atoms. The molecule has 23 heavy (non-hydrogen) atoms. The molecule has 0 unspecified atom stereocenters. The van der Waals surface area contributed by atoms with Crippen LogP contribution in [0.5, 0.6) is 0 Å². The van der Waals surface area contributed by atoms with Gasteiger partial charge in [-0.1, -0.05) is 140 Å². The van der Waals surface area contributed by atoms with E-state index in [1.165, 1.54) is 0 Å². The number of halogens is 8. The molecule has 0 aliphatic rings. The third kappa shape index (κ3) is 4.41. The Morgan fingerprint density at radius 1 is 0.609 bits per heavy atom. The minimum absolute atomic E-state index is 0.0267. The highest BCUT2D eigenvalue weighted by Crippen LogP contribution is 2.53. The first-order valence-corrected chi connectivity index (χ1v) is 13.0. The van der Waals surface area contributed by atoms with Crippen LogP contribution in [0.25, 0.3) is 0 Å². The van der Waals surface area contributed by atoms with Crippen LogP contribution in [0.4, 0.5) is 0 Å². The minimum Gasteiger partial charge on any atom is -0.0750 e. The molecule has 0 aliphatic carbocycles. The second kappa shape index (κ2) is 8.98. The Balaban J connectivity index is 2.85. The van der Waals surface area contributed by atoms with Crippen molar-refractivity contribution in [1.82, 2.24) is 0 Å². The van der Waals surface area contributed by atoms with Crippen LogP contribution in [-0.2, 0) is 5.41 Å². The van der Waals surface area contributed by atoms with Crippen LogP contribution in [-0.4, -0.2) is 7.47 Å². The molecular weight excluding hydrogens is 819 g/mol. The van der Waals surface area contributed by atoms with Crippen LogP contribution in [0.3, 0.4) is 0 Å². The molecule has 0 N–H and O–H groups in total. The van der Waals surface area contributed by atoms with Crippen molar-refractivity contribution in [3.05, 3.63) is 65.4 Å². The second-order valence-corrected chi connectivity index (χ2v) is 14.4. The maximum Gasteiger partial charge on any atom is 0.0854 e. The summed E-state index contributed by atoms with van der Waals surface area (Å²) in [7, 11) is 0. The molecule has 0 radical (unpaired) electrons. The van der Waals surface area contributed by atoms with Gasteiger partial charge < -0.3 is 0 Å². The zero-order valence-electron chi connectivity index (χ0n) is 11.1. The molecule has 0 saturated carbocycles. The van der Waals surface area contributed by atoms with Crippen molar-refractivity contribution in [2.75, 3.05) is 0 Å². The number of rotatable bonds is 4. The highest BCUT2D eigenvalue weighted by Gasteiger charge is 2.47. The van der Waals surface area contributed by atoms with E-state index in [0.29, 0.717) is 0 Å². The largest absolute Gasteiger partial charge is 0.0854 e. The Kier molecular flexibility index (Phi) is 8.42. The summed E-state index contributed by atoms with van der Waals surface area (Å²) >= 11 is 29.6. The predicted molar refractivity (Wildman–Crippen MR) is 128 cm³/mol. The summed E-state index contributed by atoms with van der Waals surface area (Å²) in [6.07, 6.45) is 0. The van der Waals surface area contributed by atoms with Crippen molar-refractivity contribution in [1.29, 1.82) is 0 Å². The fourth-order valence-corrected chi connectivity index (χ4v) is 9.56. The first kappa shape index (κ1) is 21.6. The lowest BCUT2D eigenvalue weighted by atomic mass is 9.78. The molecular formula is C15H8Br8. The quantitative estimate of drug-likeness (QED) is 0.270. The van der Waals surface area contributed by atoms with Gasteiger partial charge in [0.15, 0.2) is 0 Å². The van der Waals surface area contributed by atoms with Crippen molar-refractivity contribution in [3.63, 3.8) is 0 Å². The van der Waals surface area contributed by atoms with Crippen molar-refractivity contribution >= 4 is 127 Å². The molecule has 0 aromatic heterocycles. The lowest BCUT2D eigenvalue weighted by molar-refractivity contribution is 0.630. The summed E-state index contributed by atoms with van der Waals surface area (Å²) in [5, 5.41) is 0. The van der Waals surface area contributed by atoms with E-state index < -0.39 is 5.41 Å². The van der Waals surface area contributed by atoms with E-state index in [0.717, 1.165) is 29.0 Å². The van der Waals surface area contributed by atoms with Crippen molar-refractivity contribution < 1.29 is 0 Å². The molecule has 0 atom stereocenters. The fourth-order valence-electron chi connectivity index (χ4n) is 2.36. The molecule has 0 saturated heterocycles. The normalized spacial score (nSPS) is 12.3. The third-order valence-corrected chi connectivity index (χ3v) is 8.63. The summed E-state index contributed by atoms with van der Waals surface area (Å²) in [6.45, 7) is 0. The molecule has 0 bridgehead atoms. The smallest absolute Gasteiger partial charge is 0.0750 e. The summed E-state index contributed by atoms with van der Waals surface area (Å²) < 4.78 is 4.04. The number of benzene rings is 2. The van der Waals surface area contributed by atoms with Crippen molar-refractivity contribution in [2.45, 2.75) is 12.9 Å². The Morgan fingerprint density at radius 3 is 1.22 bits per heavy atom. The summed E-state index contributed by atoms with van der Waals surface area (Å²) in [5.74, 6) is 0. The van der Waals surface area contributed by atoms with Gasteiger partial charge in [0.2, 0.25) is 0 Å². The van der Waals surface area contributed by atoms with E-state index in [9.17, 15) is 0 Å². The molecule has 8 heteroatoms. The lowest BCUT2D eigenvalue weighted by Gasteiger charge is -2.40. The van der Waals surface area contributed by atoms with Gasteiger partial charge in [-0.05, 0) is 35.4 Å². The van der Waals surface area contributed by atoms with Gasteiger partial charge in [0, 0.05) is 17.9 Å². The monoisotopic (exact) mass is 819 g/mol. The number of hydrogen-bond acceptors (Lipinski definition) is 0. The van der Waals surface area contributed by atoms with Gasteiger partial charge in [-0.3, -0.25) is 0 Å². The SMILES string of the molecule is Brc1ccc(C(c2ccc(Br)cc2Br)(C(Br)Br)C(Br)Br)c(Br)c1. The highest BCUT2D eigenvalue weighted by atomic mass is 79.9. The van der Waals surface area contributed by atoms with E-state index in [1.807, 2.05) is 12.1 Å². The zero-order valence-corrected chi connectivity index (χ0v) is 23.8. The topological polar surface area (TPSA) is 0 Å². The van der Waals surface area contributed by atoms with E-state index in [-0.39, 0.29) is 7.47 Å². The van der Waals surface area contributed by atoms with E-state index >= 15 is 0 Å². The van der Waals surface area contributed by atoms with Gasteiger partial charge >= 0.3 is 0 Å². The van der Waals surface area contributed by atoms with E-state index in [4.69, 9.17) is 0 Å². The summed E-state index contributed by atoms with van der Waals surface area (Å²) in [5.41, 5.74) is 1.86. The molecule has 2 aromatic carbocycles. The van der Waals surface area contributed by atoms with Gasteiger partial charge in [-0.15, -0.1) is 0 Å². The molecule has 2 aromatic rings. The van der Waals surface area contributed by atoms with Gasteiger partial charge in [0.25, 0.3) is 0 Å². The van der Waals surface area contributed by atoms with Crippen LogP contribution in [0, 0.1) is 0 Å². The van der Waals surface area contributed by atoms with Crippen molar-refractivity contribution in [2.24, 2.45) is 0 Å².